The number of hydrogen-bond acceptors (Lipinski definition) is 4. The molecule has 0 spiro atoms. The maximum absolute atomic E-state index is 11.7. The fourth-order valence-electron chi connectivity index (χ4n) is 0.439. The summed E-state index contributed by atoms with van der Waals surface area (Å²) in [7, 11) is 0. The molecule has 1 aromatic rings. The lowest BCUT2D eigenvalue weighted by molar-refractivity contribution is 0.106. The van der Waals surface area contributed by atoms with E-state index < -0.39 is 12.3 Å². The zero-order valence-corrected chi connectivity index (χ0v) is 4.92. The lowest BCUT2D eigenvalue weighted by Crippen LogP contribution is -1.98. The molecule has 56 valence electrons. The van der Waals surface area contributed by atoms with Crippen molar-refractivity contribution in [1.82, 2.24) is 10.1 Å². The fourth-order valence-corrected chi connectivity index (χ4v) is 0.439. The molecule has 0 saturated carbocycles. The van der Waals surface area contributed by atoms with Crippen LogP contribution in [0.1, 0.15) is 18.1 Å². The van der Waals surface area contributed by atoms with Crippen molar-refractivity contribution in [3.8, 4) is 0 Å². The van der Waals surface area contributed by atoms with Gasteiger partial charge in [0.05, 0.1) is 6.54 Å². The van der Waals surface area contributed by atoms with Crippen molar-refractivity contribution < 1.29 is 13.3 Å². The van der Waals surface area contributed by atoms with Crippen LogP contribution in [-0.4, -0.2) is 10.1 Å². The number of hydrogen-bond donors (Lipinski definition) is 1. The topological polar surface area (TPSA) is 64.9 Å². The van der Waals surface area contributed by atoms with Crippen LogP contribution in [0.2, 0.25) is 0 Å². The van der Waals surface area contributed by atoms with Gasteiger partial charge in [-0.3, -0.25) is 0 Å². The van der Waals surface area contributed by atoms with E-state index in [4.69, 9.17) is 5.73 Å². The van der Waals surface area contributed by atoms with Gasteiger partial charge in [-0.15, -0.1) is 0 Å². The number of nitrogens with two attached hydrogens (primary N) is 1. The smallest absolute Gasteiger partial charge is 0.315 e. The van der Waals surface area contributed by atoms with Gasteiger partial charge in [-0.1, -0.05) is 5.16 Å². The van der Waals surface area contributed by atoms with Crippen LogP contribution in [0.25, 0.3) is 0 Å². The van der Waals surface area contributed by atoms with Crippen LogP contribution in [0.5, 0.6) is 0 Å². The second-order valence-electron chi connectivity index (χ2n) is 1.55. The van der Waals surface area contributed by atoms with E-state index in [1.165, 1.54) is 0 Å². The maximum Gasteiger partial charge on any atom is 0.315 e. The van der Waals surface area contributed by atoms with Gasteiger partial charge in [-0.25, -0.2) is 0 Å². The Morgan fingerprint density at radius 1 is 1.60 bits per heavy atom. The van der Waals surface area contributed by atoms with E-state index in [1.807, 2.05) is 0 Å². The first kappa shape index (κ1) is 7.07. The molecule has 0 radical (unpaired) electrons. The predicted octanol–water partition coefficient (Wildman–Crippen LogP) is 0.466. The summed E-state index contributed by atoms with van der Waals surface area (Å²) in [4.78, 5) is 3.28. The molecule has 4 nitrogen and oxygen atoms in total. The summed E-state index contributed by atoms with van der Waals surface area (Å²) in [6, 6.07) is 0. The summed E-state index contributed by atoms with van der Waals surface area (Å²) in [5, 5.41) is 3.16. The molecular weight excluding hydrogens is 144 g/mol. The first-order chi connectivity index (χ1) is 4.74. The Hall–Kier alpha value is -1.04. The van der Waals surface area contributed by atoms with Crippen LogP contribution in [-0.2, 0) is 6.54 Å². The Morgan fingerprint density at radius 2 is 2.30 bits per heavy atom. The normalized spacial score (nSPS) is 10.8. The van der Waals surface area contributed by atoms with Crippen molar-refractivity contribution in [2.45, 2.75) is 13.0 Å². The van der Waals surface area contributed by atoms with Crippen LogP contribution >= 0.6 is 0 Å². The highest BCUT2D eigenvalue weighted by Gasteiger charge is 2.14. The summed E-state index contributed by atoms with van der Waals surface area (Å²) < 4.78 is 27.5. The maximum atomic E-state index is 11.7. The Bertz CT molecular complexity index is 212. The first-order valence-corrected chi connectivity index (χ1v) is 2.54. The molecular formula is C4H5F2N3O. The van der Waals surface area contributed by atoms with Gasteiger partial charge in [0.25, 0.3) is 5.89 Å². The largest absolute Gasteiger partial charge is 0.333 e. The lowest BCUT2D eigenvalue weighted by Gasteiger charge is -1.84. The monoisotopic (exact) mass is 149 g/mol. The molecule has 0 fully saturated rings. The van der Waals surface area contributed by atoms with Crippen LogP contribution < -0.4 is 5.73 Å². The molecule has 0 bridgehead atoms. The predicted molar refractivity (Wildman–Crippen MR) is 27.1 cm³/mol. The average Bonchev–Trinajstić information content (AvgIpc) is 2.34. The van der Waals surface area contributed by atoms with Gasteiger partial charge in [0.1, 0.15) is 0 Å². The third kappa shape index (κ3) is 1.27. The number of aromatic nitrogens is 2. The summed E-state index contributed by atoms with van der Waals surface area (Å²) in [6.45, 7) is 0.0101. The van der Waals surface area contributed by atoms with Gasteiger partial charge < -0.3 is 10.3 Å². The molecule has 0 aromatic carbocycles. The highest BCUT2D eigenvalue weighted by atomic mass is 19.3. The van der Waals surface area contributed by atoms with E-state index in [9.17, 15) is 8.78 Å². The summed E-state index contributed by atoms with van der Waals surface area (Å²) >= 11 is 0. The van der Waals surface area contributed by atoms with Gasteiger partial charge in [0.2, 0.25) is 0 Å². The standard InChI is InChI=1S/C4H5F2N3O/c5-3(6)4-8-2(1-7)9-10-4/h3H,1,7H2. The van der Waals surface area contributed by atoms with Gasteiger partial charge in [0, 0.05) is 0 Å². The van der Waals surface area contributed by atoms with E-state index in [2.05, 4.69) is 14.7 Å². The Kier molecular flexibility index (Phi) is 1.91. The Morgan fingerprint density at radius 3 is 2.60 bits per heavy atom. The molecule has 0 unspecified atom stereocenters. The Labute approximate surface area is 55.0 Å². The summed E-state index contributed by atoms with van der Waals surface area (Å²) in [5.74, 6) is -0.587. The van der Waals surface area contributed by atoms with Crippen molar-refractivity contribution in [2.75, 3.05) is 0 Å². The third-order valence-corrected chi connectivity index (χ3v) is 0.853. The third-order valence-electron chi connectivity index (χ3n) is 0.853. The molecule has 1 rings (SSSR count). The van der Waals surface area contributed by atoms with E-state index >= 15 is 0 Å². The van der Waals surface area contributed by atoms with E-state index in [0.717, 1.165) is 0 Å². The van der Waals surface area contributed by atoms with Crippen molar-refractivity contribution in [3.63, 3.8) is 0 Å². The molecule has 2 N–H and O–H groups in total. The fraction of sp³-hybridized carbons (Fsp3) is 0.500. The van der Waals surface area contributed by atoms with Crippen molar-refractivity contribution in [2.24, 2.45) is 5.73 Å². The second kappa shape index (κ2) is 2.70. The highest BCUT2D eigenvalue weighted by molar-refractivity contribution is 4.85. The minimum absolute atomic E-state index is 0.0101. The molecule has 0 atom stereocenters. The molecule has 1 heterocycles. The number of nitrogens with zero attached hydrogens (tertiary/aromatic N) is 2. The van der Waals surface area contributed by atoms with Crippen LogP contribution in [0.3, 0.4) is 0 Å². The SMILES string of the molecule is NCc1noc(C(F)F)n1. The van der Waals surface area contributed by atoms with Crippen molar-refractivity contribution >= 4 is 0 Å². The molecule has 0 aliphatic heterocycles. The van der Waals surface area contributed by atoms with Gasteiger partial charge in [-0.2, -0.15) is 13.8 Å². The molecule has 0 aliphatic carbocycles. The quantitative estimate of drug-likeness (QED) is 0.663. The minimum atomic E-state index is -2.72. The van der Waals surface area contributed by atoms with Crippen molar-refractivity contribution in [3.05, 3.63) is 11.7 Å². The molecule has 0 saturated heterocycles. The molecule has 1 aromatic heterocycles. The summed E-state index contributed by atoms with van der Waals surface area (Å²) in [5.41, 5.74) is 5.03. The Balaban J connectivity index is 2.78. The summed E-state index contributed by atoms with van der Waals surface area (Å²) in [6.07, 6.45) is -2.72. The molecule has 6 heteroatoms. The zero-order chi connectivity index (χ0) is 7.56. The van der Waals surface area contributed by atoms with Crippen molar-refractivity contribution in [1.29, 1.82) is 0 Å². The van der Waals surface area contributed by atoms with Crippen LogP contribution in [0.4, 0.5) is 8.78 Å². The lowest BCUT2D eigenvalue weighted by atomic mass is 10.6. The van der Waals surface area contributed by atoms with E-state index in [-0.39, 0.29) is 12.4 Å². The first-order valence-electron chi connectivity index (χ1n) is 2.54. The molecule has 0 aliphatic rings. The number of halogens is 2. The zero-order valence-electron chi connectivity index (χ0n) is 4.92. The van der Waals surface area contributed by atoms with E-state index in [1.54, 1.807) is 0 Å². The minimum Gasteiger partial charge on any atom is -0.333 e. The number of rotatable bonds is 2. The highest BCUT2D eigenvalue weighted by Crippen LogP contribution is 2.14. The molecule has 0 amide bonds. The van der Waals surface area contributed by atoms with Crippen LogP contribution in [0.15, 0.2) is 4.52 Å². The van der Waals surface area contributed by atoms with E-state index in [0.29, 0.717) is 0 Å². The average molecular weight is 149 g/mol. The second-order valence-corrected chi connectivity index (χ2v) is 1.55. The van der Waals surface area contributed by atoms with Gasteiger partial charge in [-0.05, 0) is 0 Å². The number of alkyl halides is 2. The van der Waals surface area contributed by atoms with Gasteiger partial charge in [0.15, 0.2) is 5.82 Å². The van der Waals surface area contributed by atoms with Crippen LogP contribution in [0, 0.1) is 0 Å². The molecule has 10 heavy (non-hydrogen) atoms. The van der Waals surface area contributed by atoms with Gasteiger partial charge >= 0.3 is 6.43 Å².